The van der Waals surface area contributed by atoms with Gasteiger partial charge in [-0.05, 0) is 18.9 Å². The first-order valence-corrected chi connectivity index (χ1v) is 11.0. The SMILES string of the molecule is CC(O)C(N)C(=O)NC(CC(N)=O)C(=O)NC(Cc1ccccc1)C(=O)NC(CCC(N)=O)C(=O)O. The maximum Gasteiger partial charge on any atom is 0.326 e. The quantitative estimate of drug-likeness (QED) is 0.117. The topological polar surface area (TPSA) is 257 Å². The van der Waals surface area contributed by atoms with E-state index in [1.165, 1.54) is 6.92 Å². The highest BCUT2D eigenvalue weighted by atomic mass is 16.4. The molecule has 5 unspecified atom stereocenters. The van der Waals surface area contributed by atoms with Gasteiger partial charge in [0.25, 0.3) is 0 Å². The number of nitrogens with two attached hydrogens (primary N) is 3. The lowest BCUT2D eigenvalue weighted by Crippen LogP contribution is -2.59. The van der Waals surface area contributed by atoms with Crippen molar-refractivity contribution in [1.29, 1.82) is 0 Å². The van der Waals surface area contributed by atoms with Crippen LogP contribution in [0.1, 0.15) is 31.7 Å². The Labute approximate surface area is 206 Å². The van der Waals surface area contributed by atoms with E-state index in [-0.39, 0.29) is 19.3 Å². The molecule has 5 amide bonds. The number of amides is 5. The molecule has 198 valence electrons. The molecule has 0 aliphatic carbocycles. The van der Waals surface area contributed by atoms with Crippen LogP contribution in [-0.2, 0) is 35.2 Å². The van der Waals surface area contributed by atoms with Crippen LogP contribution >= 0.6 is 0 Å². The number of carbonyl (C=O) groups excluding carboxylic acids is 5. The van der Waals surface area contributed by atoms with Crippen LogP contribution in [0.4, 0.5) is 0 Å². The van der Waals surface area contributed by atoms with Crippen molar-refractivity contribution in [2.24, 2.45) is 17.2 Å². The molecule has 0 aromatic heterocycles. The van der Waals surface area contributed by atoms with Crippen LogP contribution in [0.5, 0.6) is 0 Å². The highest BCUT2D eigenvalue weighted by Gasteiger charge is 2.32. The molecule has 5 atom stereocenters. The summed E-state index contributed by atoms with van der Waals surface area (Å²) in [4.78, 5) is 72.2. The first-order chi connectivity index (χ1) is 16.8. The minimum Gasteiger partial charge on any atom is -0.480 e. The van der Waals surface area contributed by atoms with Crippen LogP contribution in [0.3, 0.4) is 0 Å². The van der Waals surface area contributed by atoms with Crippen molar-refractivity contribution >= 4 is 35.5 Å². The van der Waals surface area contributed by atoms with Gasteiger partial charge in [0.2, 0.25) is 29.5 Å². The van der Waals surface area contributed by atoms with Crippen LogP contribution in [0.15, 0.2) is 30.3 Å². The molecule has 1 rings (SSSR count). The molecule has 14 nitrogen and oxygen atoms in total. The monoisotopic (exact) mass is 508 g/mol. The molecule has 0 aliphatic rings. The van der Waals surface area contributed by atoms with E-state index in [0.29, 0.717) is 5.56 Å². The number of rotatable bonds is 15. The van der Waals surface area contributed by atoms with E-state index in [4.69, 9.17) is 17.2 Å². The number of carboxylic acid groups (broad SMARTS) is 1. The predicted molar refractivity (Wildman–Crippen MR) is 125 cm³/mol. The van der Waals surface area contributed by atoms with Crippen molar-refractivity contribution in [3.63, 3.8) is 0 Å². The molecule has 0 saturated carbocycles. The Morgan fingerprint density at radius 1 is 0.833 bits per heavy atom. The third kappa shape index (κ3) is 10.5. The molecule has 0 spiro atoms. The highest BCUT2D eigenvalue weighted by molar-refractivity contribution is 5.96. The summed E-state index contributed by atoms with van der Waals surface area (Å²) >= 11 is 0. The van der Waals surface area contributed by atoms with Crippen molar-refractivity contribution in [3.05, 3.63) is 35.9 Å². The molecule has 36 heavy (non-hydrogen) atoms. The Bertz CT molecular complexity index is 955. The maximum atomic E-state index is 13.0. The zero-order chi connectivity index (χ0) is 27.4. The van der Waals surface area contributed by atoms with Crippen molar-refractivity contribution < 1.29 is 39.0 Å². The summed E-state index contributed by atoms with van der Waals surface area (Å²) in [6, 6.07) is 2.69. The van der Waals surface area contributed by atoms with Crippen molar-refractivity contribution in [2.45, 2.75) is 62.9 Å². The Morgan fingerprint density at radius 2 is 1.36 bits per heavy atom. The number of aliphatic hydroxyl groups is 1. The molecule has 14 heteroatoms. The zero-order valence-corrected chi connectivity index (χ0v) is 19.7. The second kappa shape index (κ2) is 14.4. The van der Waals surface area contributed by atoms with Crippen LogP contribution in [0, 0.1) is 0 Å². The van der Waals surface area contributed by atoms with E-state index in [9.17, 15) is 39.0 Å². The first kappa shape index (κ1) is 30.0. The molecular weight excluding hydrogens is 476 g/mol. The summed E-state index contributed by atoms with van der Waals surface area (Å²) in [7, 11) is 0. The van der Waals surface area contributed by atoms with Gasteiger partial charge in [-0.3, -0.25) is 24.0 Å². The molecular formula is C22H32N6O8. The Morgan fingerprint density at radius 3 is 1.86 bits per heavy atom. The number of hydrogen-bond acceptors (Lipinski definition) is 8. The average molecular weight is 509 g/mol. The van der Waals surface area contributed by atoms with E-state index < -0.39 is 72.2 Å². The molecule has 0 radical (unpaired) electrons. The lowest BCUT2D eigenvalue weighted by atomic mass is 10.0. The van der Waals surface area contributed by atoms with Gasteiger partial charge in [-0.25, -0.2) is 4.79 Å². The second-order valence-corrected chi connectivity index (χ2v) is 8.15. The second-order valence-electron chi connectivity index (χ2n) is 8.15. The van der Waals surface area contributed by atoms with Crippen molar-refractivity contribution in [3.8, 4) is 0 Å². The van der Waals surface area contributed by atoms with Gasteiger partial charge < -0.3 is 43.4 Å². The predicted octanol–water partition coefficient (Wildman–Crippen LogP) is -3.38. The summed E-state index contributed by atoms with van der Waals surface area (Å²) in [5.41, 5.74) is 16.4. The number of aliphatic hydroxyl groups excluding tert-OH is 1. The standard InChI is InChI=1S/C22H32N6O8/c1-11(29)18(25)21(34)28-15(10-17(24)31)20(33)27-14(9-12-5-3-2-4-6-12)19(32)26-13(22(35)36)7-8-16(23)30/h2-6,11,13-15,18,29H,7-10,25H2,1H3,(H2,23,30)(H2,24,31)(H,26,32)(H,27,33)(H,28,34)(H,35,36). The summed E-state index contributed by atoms with van der Waals surface area (Å²) in [5, 5.41) is 25.8. The molecule has 11 N–H and O–H groups in total. The van der Waals surface area contributed by atoms with Crippen molar-refractivity contribution in [1.82, 2.24) is 16.0 Å². The molecule has 1 aromatic rings. The molecule has 0 heterocycles. The number of aliphatic carboxylic acids is 1. The lowest BCUT2D eigenvalue weighted by Gasteiger charge is -2.25. The number of primary amides is 2. The smallest absolute Gasteiger partial charge is 0.326 e. The fraction of sp³-hybridized carbons (Fsp3) is 0.455. The van der Waals surface area contributed by atoms with E-state index in [2.05, 4.69) is 16.0 Å². The van der Waals surface area contributed by atoms with Gasteiger partial charge in [-0.15, -0.1) is 0 Å². The fourth-order valence-electron chi connectivity index (χ4n) is 3.05. The summed E-state index contributed by atoms with van der Waals surface area (Å²) < 4.78 is 0. The van der Waals surface area contributed by atoms with Crippen LogP contribution < -0.4 is 33.2 Å². The van der Waals surface area contributed by atoms with Gasteiger partial charge in [-0.2, -0.15) is 0 Å². The van der Waals surface area contributed by atoms with E-state index in [1.807, 2.05) is 0 Å². The fourth-order valence-corrected chi connectivity index (χ4v) is 3.05. The third-order valence-corrected chi connectivity index (χ3v) is 5.07. The van der Waals surface area contributed by atoms with E-state index >= 15 is 0 Å². The van der Waals surface area contributed by atoms with Crippen LogP contribution in [-0.4, -0.2) is 76.0 Å². The average Bonchev–Trinajstić information content (AvgIpc) is 2.79. The maximum absolute atomic E-state index is 13.0. The normalized spacial score (nSPS) is 14.9. The summed E-state index contributed by atoms with van der Waals surface area (Å²) in [5.74, 6) is -5.92. The largest absolute Gasteiger partial charge is 0.480 e. The van der Waals surface area contributed by atoms with Gasteiger partial charge in [0.05, 0.1) is 12.5 Å². The lowest BCUT2D eigenvalue weighted by molar-refractivity contribution is -0.142. The molecule has 0 saturated heterocycles. The van der Waals surface area contributed by atoms with Crippen LogP contribution in [0.25, 0.3) is 0 Å². The van der Waals surface area contributed by atoms with Crippen LogP contribution in [0.2, 0.25) is 0 Å². The van der Waals surface area contributed by atoms with Gasteiger partial charge in [0, 0.05) is 12.8 Å². The van der Waals surface area contributed by atoms with Gasteiger partial charge in [-0.1, -0.05) is 30.3 Å². The Kier molecular flexibility index (Phi) is 12.0. The molecule has 0 bridgehead atoms. The molecule has 0 aliphatic heterocycles. The van der Waals surface area contributed by atoms with E-state index in [1.54, 1.807) is 30.3 Å². The Balaban J connectivity index is 3.14. The summed E-state index contributed by atoms with van der Waals surface area (Å²) in [6.07, 6.45) is -2.55. The Hall–Kier alpha value is -4.04. The number of carboxylic acids is 1. The first-order valence-electron chi connectivity index (χ1n) is 11.0. The third-order valence-electron chi connectivity index (χ3n) is 5.07. The number of nitrogens with one attached hydrogen (secondary N) is 3. The minimum atomic E-state index is -1.53. The van der Waals surface area contributed by atoms with Gasteiger partial charge in [0.1, 0.15) is 24.2 Å². The van der Waals surface area contributed by atoms with Gasteiger partial charge in [0.15, 0.2) is 0 Å². The van der Waals surface area contributed by atoms with Gasteiger partial charge >= 0.3 is 5.97 Å². The molecule has 0 fully saturated rings. The minimum absolute atomic E-state index is 0.0784. The number of carbonyl (C=O) groups is 6. The molecule has 1 aromatic carbocycles. The zero-order valence-electron chi connectivity index (χ0n) is 19.7. The highest BCUT2D eigenvalue weighted by Crippen LogP contribution is 2.07. The number of hydrogen-bond donors (Lipinski definition) is 8. The van der Waals surface area contributed by atoms with Crippen molar-refractivity contribution in [2.75, 3.05) is 0 Å². The number of benzene rings is 1. The summed E-state index contributed by atoms with van der Waals surface area (Å²) in [6.45, 7) is 1.25. The van der Waals surface area contributed by atoms with E-state index in [0.717, 1.165) is 0 Å².